The quantitative estimate of drug-likeness (QED) is 0.357. The van der Waals surface area contributed by atoms with Gasteiger partial charge in [-0.3, -0.25) is 29.6 Å². The highest BCUT2D eigenvalue weighted by Gasteiger charge is 2.37. The van der Waals surface area contributed by atoms with Crippen molar-refractivity contribution in [1.29, 1.82) is 0 Å². The van der Waals surface area contributed by atoms with Crippen molar-refractivity contribution in [3.63, 3.8) is 0 Å². The second-order valence-electron chi connectivity index (χ2n) is 10.1. The number of alkyl halides is 3. The Morgan fingerprint density at radius 3 is 2.36 bits per heavy atom. The van der Waals surface area contributed by atoms with Gasteiger partial charge in [-0.2, -0.15) is 18.3 Å². The highest BCUT2D eigenvalue weighted by atomic mass is 19.4. The predicted molar refractivity (Wildman–Crippen MR) is 150 cm³/mol. The Bertz CT molecular complexity index is 1350. The van der Waals surface area contributed by atoms with Gasteiger partial charge < -0.3 is 9.64 Å². The Labute approximate surface area is 241 Å². The molecule has 0 aliphatic carbocycles. The van der Waals surface area contributed by atoms with Crippen molar-refractivity contribution in [2.75, 3.05) is 26.2 Å². The summed E-state index contributed by atoms with van der Waals surface area (Å²) >= 11 is 0. The first-order chi connectivity index (χ1) is 20.0. The van der Waals surface area contributed by atoms with Gasteiger partial charge in [0.2, 0.25) is 11.8 Å². The van der Waals surface area contributed by atoms with Crippen LogP contribution in [-0.4, -0.2) is 83.5 Å². The molecular weight excluding hydrogens is 553 g/mol. The number of nitrogens with one attached hydrogen (secondary N) is 1. The lowest BCUT2D eigenvalue weighted by Gasteiger charge is -2.33. The summed E-state index contributed by atoms with van der Waals surface area (Å²) in [7, 11) is 0. The summed E-state index contributed by atoms with van der Waals surface area (Å²) < 4.78 is 44.7. The number of imide groups is 1. The maximum atomic E-state index is 13.0. The van der Waals surface area contributed by atoms with Gasteiger partial charge in [0, 0.05) is 50.3 Å². The van der Waals surface area contributed by atoms with E-state index in [1.807, 2.05) is 24.3 Å². The van der Waals surface area contributed by atoms with Crippen molar-refractivity contribution < 1.29 is 32.3 Å². The molecule has 2 aromatic rings. The fraction of sp³-hybridized carbons (Fsp3) is 0.414. The number of rotatable bonds is 9. The Morgan fingerprint density at radius 2 is 1.74 bits per heavy atom. The number of benzene rings is 2. The molecule has 0 radical (unpaired) electrons. The average Bonchev–Trinajstić information content (AvgIpc) is 3.31. The number of halogens is 3. The van der Waals surface area contributed by atoms with Crippen LogP contribution in [-0.2, 0) is 29.3 Å². The van der Waals surface area contributed by atoms with Crippen molar-refractivity contribution in [2.24, 2.45) is 10.1 Å². The molecule has 0 spiro atoms. The summed E-state index contributed by atoms with van der Waals surface area (Å²) in [6.07, 6.45) is -4.46. The van der Waals surface area contributed by atoms with Crippen molar-refractivity contribution in [3.05, 3.63) is 64.7 Å². The average molecular weight is 587 g/mol. The third-order valence-electron chi connectivity index (χ3n) is 7.20. The molecule has 3 amide bonds. The van der Waals surface area contributed by atoms with Crippen LogP contribution in [0.25, 0.3) is 0 Å². The molecule has 2 aliphatic rings. The van der Waals surface area contributed by atoms with Gasteiger partial charge in [0.1, 0.15) is 18.4 Å². The summed E-state index contributed by atoms with van der Waals surface area (Å²) in [5, 5.41) is 7.26. The van der Waals surface area contributed by atoms with Crippen LogP contribution in [0.1, 0.15) is 47.3 Å². The largest absolute Gasteiger partial charge is 0.489 e. The highest BCUT2D eigenvalue weighted by Crippen LogP contribution is 2.32. The molecule has 224 valence electrons. The van der Waals surface area contributed by atoms with Crippen molar-refractivity contribution in [3.8, 4) is 5.75 Å². The minimum atomic E-state index is -4.63. The minimum absolute atomic E-state index is 0.168. The van der Waals surface area contributed by atoms with Crippen LogP contribution in [0.4, 0.5) is 13.2 Å². The molecule has 4 rings (SSSR count). The van der Waals surface area contributed by atoms with Crippen LogP contribution < -0.4 is 10.1 Å². The number of piperazine rings is 1. The summed E-state index contributed by atoms with van der Waals surface area (Å²) in [5.41, 5.74) is 3.12. The predicted octanol–water partition coefficient (Wildman–Crippen LogP) is 3.36. The number of hydrogen-bond acceptors (Lipinski definition) is 7. The van der Waals surface area contributed by atoms with E-state index in [0.29, 0.717) is 49.6 Å². The van der Waals surface area contributed by atoms with Gasteiger partial charge in [0.05, 0.1) is 6.54 Å². The smallest absolute Gasteiger partial charge is 0.453 e. The second kappa shape index (κ2) is 13.1. The first-order valence-electron chi connectivity index (χ1n) is 13.6. The molecule has 2 aromatic carbocycles. The SMILES string of the molecule is C=N/C(=N\N1CCN(Cc2ccc(COc3cccc4c3CN(C(C)C(=O)NC(=O)CC)C4=O)cc2)CC1)C(F)(F)F. The van der Waals surface area contributed by atoms with Gasteiger partial charge in [-0.1, -0.05) is 37.3 Å². The molecule has 42 heavy (non-hydrogen) atoms. The summed E-state index contributed by atoms with van der Waals surface area (Å²) in [4.78, 5) is 43.6. The Kier molecular flexibility index (Phi) is 9.61. The molecule has 2 heterocycles. The van der Waals surface area contributed by atoms with E-state index in [1.165, 1.54) is 9.91 Å². The van der Waals surface area contributed by atoms with Crippen LogP contribution in [0.3, 0.4) is 0 Å². The Balaban J connectivity index is 1.30. The third-order valence-corrected chi connectivity index (χ3v) is 7.20. The first-order valence-corrected chi connectivity index (χ1v) is 13.6. The zero-order valence-electron chi connectivity index (χ0n) is 23.5. The Morgan fingerprint density at radius 1 is 1.07 bits per heavy atom. The molecule has 1 unspecified atom stereocenters. The highest BCUT2D eigenvalue weighted by molar-refractivity contribution is 6.04. The molecule has 1 fully saturated rings. The van der Waals surface area contributed by atoms with E-state index >= 15 is 0 Å². The number of aliphatic imine (C=N–C) groups is 1. The number of nitrogens with zero attached hydrogens (tertiary/aromatic N) is 5. The van der Waals surface area contributed by atoms with E-state index in [1.54, 1.807) is 32.0 Å². The molecule has 1 N–H and O–H groups in total. The van der Waals surface area contributed by atoms with Crippen LogP contribution in [0.2, 0.25) is 0 Å². The van der Waals surface area contributed by atoms with Gasteiger partial charge in [-0.25, -0.2) is 4.99 Å². The maximum absolute atomic E-state index is 13.0. The summed E-state index contributed by atoms with van der Waals surface area (Å²) in [6, 6.07) is 12.2. The fourth-order valence-electron chi connectivity index (χ4n) is 4.71. The van der Waals surface area contributed by atoms with Crippen molar-refractivity contribution >= 4 is 30.3 Å². The van der Waals surface area contributed by atoms with E-state index in [2.05, 4.69) is 27.0 Å². The molecule has 2 aliphatic heterocycles. The molecule has 0 bridgehead atoms. The molecule has 13 heteroatoms. The van der Waals surface area contributed by atoms with Crippen LogP contribution in [0, 0.1) is 0 Å². The van der Waals surface area contributed by atoms with E-state index in [0.717, 1.165) is 11.1 Å². The number of carbonyl (C=O) groups excluding carboxylic acids is 3. The zero-order chi connectivity index (χ0) is 30.4. The number of amidine groups is 1. The number of hydrogen-bond donors (Lipinski definition) is 1. The number of ether oxygens (including phenoxy) is 1. The van der Waals surface area contributed by atoms with E-state index in [-0.39, 0.29) is 25.5 Å². The lowest BCUT2D eigenvalue weighted by molar-refractivity contribution is -0.132. The van der Waals surface area contributed by atoms with Crippen LogP contribution in [0.5, 0.6) is 5.75 Å². The number of fused-ring (bicyclic) bond motifs is 1. The maximum Gasteiger partial charge on any atom is 0.453 e. The number of hydrazone groups is 1. The third kappa shape index (κ3) is 7.32. The lowest BCUT2D eigenvalue weighted by Crippen LogP contribution is -2.46. The summed E-state index contributed by atoms with van der Waals surface area (Å²) in [5.74, 6) is -1.91. The van der Waals surface area contributed by atoms with Crippen molar-refractivity contribution in [1.82, 2.24) is 20.1 Å². The van der Waals surface area contributed by atoms with Crippen LogP contribution >= 0.6 is 0 Å². The molecule has 1 atom stereocenters. The van der Waals surface area contributed by atoms with E-state index in [9.17, 15) is 27.6 Å². The molecule has 0 saturated carbocycles. The van der Waals surface area contributed by atoms with Gasteiger partial charge in [0.25, 0.3) is 11.7 Å². The molecule has 10 nitrogen and oxygen atoms in total. The molecule has 0 aromatic heterocycles. The topological polar surface area (TPSA) is 107 Å². The summed E-state index contributed by atoms with van der Waals surface area (Å²) in [6.45, 7) is 9.10. The molecule has 1 saturated heterocycles. The number of amides is 3. The zero-order valence-corrected chi connectivity index (χ0v) is 23.5. The Hall–Kier alpha value is -4.26. The monoisotopic (exact) mass is 586 g/mol. The van der Waals surface area contributed by atoms with E-state index < -0.39 is 29.9 Å². The van der Waals surface area contributed by atoms with Gasteiger partial charge >= 0.3 is 6.18 Å². The van der Waals surface area contributed by atoms with Crippen molar-refractivity contribution in [2.45, 2.75) is 52.2 Å². The second-order valence-corrected chi connectivity index (χ2v) is 10.1. The molecular formula is C29H33F3N6O4. The van der Waals surface area contributed by atoms with Crippen LogP contribution in [0.15, 0.2) is 52.6 Å². The fourth-order valence-corrected chi connectivity index (χ4v) is 4.71. The van der Waals surface area contributed by atoms with Gasteiger partial charge in [-0.15, -0.1) is 0 Å². The van der Waals surface area contributed by atoms with Gasteiger partial charge in [0.15, 0.2) is 0 Å². The standard InChI is InChI=1S/C29H33F3N6O4/c1-4-25(39)34-26(40)19(2)38-17-23-22(27(38)41)6-5-7-24(23)42-18-21-10-8-20(9-11-21)16-36-12-14-37(15-13-36)35-28(33-3)29(30,31)32/h5-11,19H,3-4,12-18H2,1-2H3,(H,34,39,40)/b35-28-. The first kappa shape index (κ1) is 30.7. The van der Waals surface area contributed by atoms with Gasteiger partial charge in [-0.05, 0) is 36.9 Å². The lowest BCUT2D eigenvalue weighted by atomic mass is 10.1. The van der Waals surface area contributed by atoms with E-state index in [4.69, 9.17) is 4.74 Å². The normalized spacial score (nSPS) is 16.7. The minimum Gasteiger partial charge on any atom is -0.489 e. The number of carbonyl (C=O) groups is 3.